The molecule has 0 saturated carbocycles. The Morgan fingerprint density at radius 1 is 1.14 bits per heavy atom. The molecule has 28 heavy (non-hydrogen) atoms. The Bertz CT molecular complexity index is 845. The summed E-state index contributed by atoms with van der Waals surface area (Å²) in [6, 6.07) is 9.09. The summed E-state index contributed by atoms with van der Waals surface area (Å²) in [7, 11) is 2.95. The minimum atomic E-state index is -0.475. The fourth-order valence-corrected chi connectivity index (χ4v) is 3.19. The van der Waals surface area contributed by atoms with Crippen LogP contribution in [0.15, 0.2) is 34.7 Å². The van der Waals surface area contributed by atoms with Crippen molar-refractivity contribution < 1.29 is 23.5 Å². The van der Waals surface area contributed by atoms with Gasteiger partial charge in [0.2, 0.25) is 11.8 Å². The smallest absolute Gasteiger partial charge is 0.341 e. The van der Waals surface area contributed by atoms with Crippen LogP contribution in [-0.4, -0.2) is 48.3 Å². The van der Waals surface area contributed by atoms with Crippen molar-refractivity contribution in [2.24, 2.45) is 0 Å². The van der Waals surface area contributed by atoms with Crippen LogP contribution in [0.5, 0.6) is 0 Å². The molecule has 0 bridgehead atoms. The number of thioether (sulfide) groups is 1. The van der Waals surface area contributed by atoms with E-state index in [1.807, 2.05) is 31.2 Å². The van der Waals surface area contributed by atoms with Crippen LogP contribution in [0.4, 0.5) is 5.69 Å². The average Bonchev–Trinajstić information content (AvgIpc) is 3.02. The summed E-state index contributed by atoms with van der Waals surface area (Å²) < 4.78 is 10.2. The third-order valence-electron chi connectivity index (χ3n) is 3.99. The zero-order chi connectivity index (χ0) is 20.7. The molecule has 0 radical (unpaired) electrons. The summed E-state index contributed by atoms with van der Waals surface area (Å²) >= 11 is 1.24. The lowest BCUT2D eigenvalue weighted by molar-refractivity contribution is -0.127. The third-order valence-corrected chi connectivity index (χ3v) is 4.90. The van der Waals surface area contributed by atoms with E-state index in [1.165, 1.54) is 23.8 Å². The van der Waals surface area contributed by atoms with E-state index in [4.69, 9.17) is 4.42 Å². The molecule has 150 valence electrons. The molecule has 0 aliphatic rings. The molecular weight excluding hydrogens is 380 g/mol. The molecule has 0 fully saturated rings. The number of nitrogens with one attached hydrogen (secondary N) is 1. The molecule has 1 aromatic carbocycles. The molecule has 7 nitrogen and oxygen atoms in total. The molecule has 0 aliphatic heterocycles. The van der Waals surface area contributed by atoms with E-state index >= 15 is 0 Å². The summed E-state index contributed by atoms with van der Waals surface area (Å²) in [5.74, 6) is 0.522. The van der Waals surface area contributed by atoms with Crippen molar-refractivity contribution in [3.63, 3.8) is 0 Å². The highest BCUT2D eigenvalue weighted by Gasteiger charge is 2.18. The van der Waals surface area contributed by atoms with Crippen molar-refractivity contribution in [1.29, 1.82) is 0 Å². The van der Waals surface area contributed by atoms with Crippen LogP contribution in [0.1, 0.15) is 27.4 Å². The fourth-order valence-electron chi connectivity index (χ4n) is 2.43. The Labute approximate surface area is 168 Å². The molecule has 0 saturated heterocycles. The predicted octanol–water partition coefficient (Wildman–Crippen LogP) is 3.01. The topological polar surface area (TPSA) is 88.8 Å². The second kappa shape index (κ2) is 9.98. The standard InChI is InChI=1S/C20H24N2O5S/c1-13-5-7-15(8-6-13)21-18(23)11-28-12-19(24)22(3)10-16-9-17(14(2)27-16)20(25)26-4/h5-9H,10-12H2,1-4H3,(H,21,23). The van der Waals surface area contributed by atoms with Crippen LogP contribution in [-0.2, 0) is 20.9 Å². The number of ether oxygens (including phenoxy) is 1. The number of methoxy groups -OCH3 is 1. The van der Waals surface area contributed by atoms with Gasteiger partial charge < -0.3 is 19.4 Å². The average molecular weight is 404 g/mol. The Hall–Kier alpha value is -2.74. The maximum atomic E-state index is 12.2. The molecule has 2 amide bonds. The lowest BCUT2D eigenvalue weighted by atomic mass is 10.2. The number of furan rings is 1. The van der Waals surface area contributed by atoms with Gasteiger partial charge in [-0.1, -0.05) is 17.7 Å². The normalized spacial score (nSPS) is 10.4. The fraction of sp³-hybridized carbons (Fsp3) is 0.350. The molecule has 2 aromatic rings. The Balaban J connectivity index is 1.77. The van der Waals surface area contributed by atoms with Gasteiger partial charge in [0.15, 0.2) is 0 Å². The van der Waals surface area contributed by atoms with Crippen LogP contribution in [0.3, 0.4) is 0 Å². The van der Waals surface area contributed by atoms with Gasteiger partial charge in [-0.25, -0.2) is 4.79 Å². The van der Waals surface area contributed by atoms with Crippen molar-refractivity contribution in [1.82, 2.24) is 4.90 Å². The number of esters is 1. The molecule has 2 rings (SSSR count). The summed E-state index contributed by atoms with van der Waals surface area (Å²) in [6.07, 6.45) is 0. The lowest BCUT2D eigenvalue weighted by Gasteiger charge is -2.15. The second-order valence-electron chi connectivity index (χ2n) is 6.33. The van der Waals surface area contributed by atoms with Gasteiger partial charge in [-0.05, 0) is 32.0 Å². The second-order valence-corrected chi connectivity index (χ2v) is 7.32. The number of anilines is 1. The minimum absolute atomic E-state index is 0.137. The Morgan fingerprint density at radius 3 is 2.46 bits per heavy atom. The number of hydrogen-bond donors (Lipinski definition) is 1. The molecule has 1 aromatic heterocycles. The molecule has 0 atom stereocenters. The quantitative estimate of drug-likeness (QED) is 0.681. The van der Waals surface area contributed by atoms with Crippen molar-refractivity contribution in [3.05, 3.63) is 53.0 Å². The first-order valence-corrected chi connectivity index (χ1v) is 9.81. The predicted molar refractivity (Wildman–Crippen MR) is 108 cm³/mol. The molecule has 0 spiro atoms. The van der Waals surface area contributed by atoms with Crippen molar-refractivity contribution in [3.8, 4) is 0 Å². The van der Waals surface area contributed by atoms with Crippen molar-refractivity contribution in [2.45, 2.75) is 20.4 Å². The molecule has 0 aliphatic carbocycles. The lowest BCUT2D eigenvalue weighted by Crippen LogP contribution is -2.28. The van der Waals surface area contributed by atoms with Gasteiger partial charge in [0, 0.05) is 12.7 Å². The first-order chi connectivity index (χ1) is 13.3. The number of benzene rings is 1. The van der Waals surface area contributed by atoms with Gasteiger partial charge in [-0.15, -0.1) is 11.8 Å². The van der Waals surface area contributed by atoms with E-state index in [1.54, 1.807) is 20.0 Å². The van der Waals surface area contributed by atoms with E-state index in [0.29, 0.717) is 17.1 Å². The molecule has 0 unspecified atom stereocenters. The number of amides is 2. The number of carbonyl (C=O) groups excluding carboxylic acids is 3. The van der Waals surface area contributed by atoms with Gasteiger partial charge >= 0.3 is 5.97 Å². The summed E-state index contributed by atoms with van der Waals surface area (Å²) in [5.41, 5.74) is 2.20. The molecule has 1 N–H and O–H groups in total. The largest absolute Gasteiger partial charge is 0.465 e. The maximum absolute atomic E-state index is 12.2. The molecular formula is C20H24N2O5S. The van der Waals surface area contributed by atoms with Crippen molar-refractivity contribution >= 4 is 35.2 Å². The first-order valence-electron chi connectivity index (χ1n) is 8.66. The van der Waals surface area contributed by atoms with Gasteiger partial charge in [-0.2, -0.15) is 0 Å². The number of hydrogen-bond acceptors (Lipinski definition) is 6. The monoisotopic (exact) mass is 404 g/mol. The Kier molecular flexibility index (Phi) is 7.69. The highest BCUT2D eigenvalue weighted by Crippen LogP contribution is 2.17. The minimum Gasteiger partial charge on any atom is -0.465 e. The number of nitrogens with zero attached hydrogens (tertiary/aromatic N) is 1. The maximum Gasteiger partial charge on any atom is 0.341 e. The van der Waals surface area contributed by atoms with Crippen LogP contribution < -0.4 is 5.32 Å². The zero-order valence-electron chi connectivity index (χ0n) is 16.4. The molecule has 8 heteroatoms. The molecule has 1 heterocycles. The van der Waals surface area contributed by atoms with Crippen LogP contribution in [0.25, 0.3) is 0 Å². The number of carbonyl (C=O) groups is 3. The van der Waals surface area contributed by atoms with E-state index in [0.717, 1.165) is 11.3 Å². The van der Waals surface area contributed by atoms with Crippen LogP contribution in [0, 0.1) is 13.8 Å². The van der Waals surface area contributed by atoms with Crippen LogP contribution >= 0.6 is 11.8 Å². The van der Waals surface area contributed by atoms with E-state index in [9.17, 15) is 14.4 Å². The number of aryl methyl sites for hydroxylation is 2. The Morgan fingerprint density at radius 2 is 1.82 bits per heavy atom. The van der Waals surface area contributed by atoms with Gasteiger partial charge in [0.25, 0.3) is 0 Å². The first kappa shape index (κ1) is 21.6. The van der Waals surface area contributed by atoms with E-state index in [2.05, 4.69) is 10.1 Å². The van der Waals surface area contributed by atoms with Crippen molar-refractivity contribution in [2.75, 3.05) is 31.0 Å². The van der Waals surface area contributed by atoms with Gasteiger partial charge in [0.1, 0.15) is 17.1 Å². The summed E-state index contributed by atoms with van der Waals surface area (Å²) in [5, 5.41) is 2.79. The number of rotatable bonds is 8. The SMILES string of the molecule is COC(=O)c1cc(CN(C)C(=O)CSCC(=O)Nc2ccc(C)cc2)oc1C. The summed E-state index contributed by atoms with van der Waals surface area (Å²) in [6.45, 7) is 3.87. The highest BCUT2D eigenvalue weighted by atomic mass is 32.2. The van der Waals surface area contributed by atoms with Gasteiger partial charge in [-0.3, -0.25) is 9.59 Å². The third kappa shape index (κ3) is 6.16. The van der Waals surface area contributed by atoms with E-state index in [-0.39, 0.29) is 29.9 Å². The van der Waals surface area contributed by atoms with E-state index < -0.39 is 5.97 Å². The zero-order valence-corrected chi connectivity index (χ0v) is 17.2. The summed E-state index contributed by atoms with van der Waals surface area (Å²) in [4.78, 5) is 37.3. The van der Waals surface area contributed by atoms with Crippen LogP contribution in [0.2, 0.25) is 0 Å². The highest BCUT2D eigenvalue weighted by molar-refractivity contribution is 8.00. The van der Waals surface area contributed by atoms with Gasteiger partial charge in [0.05, 0.1) is 25.2 Å².